The minimum Gasteiger partial charge on any atom is -0.464 e. The van der Waals surface area contributed by atoms with Crippen molar-refractivity contribution in [2.45, 2.75) is 59.7 Å². The molecular weight excluding hydrogens is 955 g/mol. The molecule has 0 fully saturated rings. The van der Waals surface area contributed by atoms with Crippen LogP contribution in [0.15, 0.2) is 0 Å². The van der Waals surface area contributed by atoms with Gasteiger partial charge in [0.2, 0.25) is 0 Å². The second-order valence-electron chi connectivity index (χ2n) is 9.36. The van der Waals surface area contributed by atoms with E-state index in [9.17, 15) is 38.4 Å². The van der Waals surface area contributed by atoms with Crippen LogP contribution in [0.1, 0.15) is 62.3 Å². The number of anilines is 1. The molecule has 0 aliphatic rings. The van der Waals surface area contributed by atoms with Gasteiger partial charge in [-0.3, -0.25) is 38.4 Å². The standard InChI is InChI=1S/C27H32I3N3O13/c1-11(46-16(6)38)25(39)33-24-22(29)19(26(40)31-17(7-42-12(2)34)8-43-13(3)35)21(28)20(23(24)30)27(41)32-18(9-44-14(4)36)10-45-15(5)37/h11,17-18H,7-10H2,1-6H3,(H,31,40)(H,32,41)(H,33,39)/t11-/m0/s1. The van der Waals surface area contributed by atoms with Crippen LogP contribution in [0.4, 0.5) is 5.69 Å². The van der Waals surface area contributed by atoms with Gasteiger partial charge in [-0.05, 0) is 74.7 Å². The summed E-state index contributed by atoms with van der Waals surface area (Å²) in [4.78, 5) is 97.5. The number of halogens is 3. The predicted molar refractivity (Wildman–Crippen MR) is 183 cm³/mol. The van der Waals surface area contributed by atoms with Gasteiger partial charge >= 0.3 is 29.8 Å². The number of ether oxygens (including phenoxy) is 5. The fraction of sp³-hybridized carbons (Fsp3) is 0.481. The molecule has 0 saturated heterocycles. The Hall–Kier alpha value is -2.83. The molecule has 254 valence electrons. The molecule has 1 rings (SSSR count). The SMILES string of the molecule is CC(=O)OCC(COC(C)=O)NC(=O)c1c(I)c(NC(=O)[C@H](C)OC(C)=O)c(I)c(C(=O)NC(COC(C)=O)COC(C)=O)c1I. The summed E-state index contributed by atoms with van der Waals surface area (Å²) in [6.45, 7) is 5.67. The van der Waals surface area contributed by atoms with E-state index in [1.807, 2.05) is 0 Å². The topological polar surface area (TPSA) is 219 Å². The summed E-state index contributed by atoms with van der Waals surface area (Å²) in [7, 11) is 0. The number of hydrogen-bond acceptors (Lipinski definition) is 13. The maximum atomic E-state index is 13.7. The molecule has 0 aliphatic carbocycles. The molecule has 19 heteroatoms. The van der Waals surface area contributed by atoms with Gasteiger partial charge in [-0.25, -0.2) is 0 Å². The van der Waals surface area contributed by atoms with E-state index in [1.165, 1.54) is 6.92 Å². The summed E-state index contributed by atoms with van der Waals surface area (Å²) in [5.41, 5.74) is -0.155. The molecule has 0 spiro atoms. The van der Waals surface area contributed by atoms with Crippen LogP contribution in [-0.4, -0.2) is 92.2 Å². The number of rotatable bonds is 15. The molecule has 0 unspecified atom stereocenters. The predicted octanol–water partition coefficient (Wildman–Crippen LogP) is 1.84. The van der Waals surface area contributed by atoms with Crippen LogP contribution in [0.5, 0.6) is 0 Å². The zero-order valence-electron chi connectivity index (χ0n) is 25.5. The van der Waals surface area contributed by atoms with Crippen LogP contribution < -0.4 is 16.0 Å². The number of benzene rings is 1. The highest BCUT2D eigenvalue weighted by Gasteiger charge is 2.32. The summed E-state index contributed by atoms with van der Waals surface area (Å²) in [5.74, 6) is -5.66. The van der Waals surface area contributed by atoms with Crippen LogP contribution in [0.25, 0.3) is 0 Å². The second-order valence-corrected chi connectivity index (χ2v) is 12.6. The van der Waals surface area contributed by atoms with Crippen molar-refractivity contribution in [2.24, 2.45) is 0 Å². The molecule has 1 aromatic carbocycles. The fourth-order valence-corrected chi connectivity index (χ4v) is 7.77. The Kier molecular flexibility index (Phi) is 17.7. The van der Waals surface area contributed by atoms with Crippen molar-refractivity contribution in [1.29, 1.82) is 0 Å². The minimum absolute atomic E-state index is 0.0222. The number of nitrogens with one attached hydrogen (secondary N) is 3. The van der Waals surface area contributed by atoms with Crippen molar-refractivity contribution in [3.63, 3.8) is 0 Å². The Bertz CT molecular complexity index is 1270. The van der Waals surface area contributed by atoms with Gasteiger partial charge in [0.1, 0.15) is 26.4 Å². The van der Waals surface area contributed by atoms with Crippen LogP contribution in [0.3, 0.4) is 0 Å². The molecule has 3 N–H and O–H groups in total. The maximum absolute atomic E-state index is 13.7. The first-order valence-electron chi connectivity index (χ1n) is 13.2. The average molecular weight is 987 g/mol. The van der Waals surface area contributed by atoms with E-state index in [4.69, 9.17) is 23.7 Å². The second kappa shape index (κ2) is 19.7. The van der Waals surface area contributed by atoms with Gasteiger partial charge in [0, 0.05) is 38.2 Å². The van der Waals surface area contributed by atoms with Crippen LogP contribution in [0.2, 0.25) is 0 Å². The first-order valence-corrected chi connectivity index (χ1v) is 16.4. The molecule has 1 aromatic rings. The third-order valence-electron chi connectivity index (χ3n) is 5.35. The lowest BCUT2D eigenvalue weighted by Gasteiger charge is -2.24. The number of carbonyl (C=O) groups excluding carboxylic acids is 8. The Balaban J connectivity index is 3.73. The maximum Gasteiger partial charge on any atom is 0.303 e. The first-order chi connectivity index (χ1) is 21.3. The normalized spacial score (nSPS) is 11.2. The van der Waals surface area contributed by atoms with Crippen molar-refractivity contribution < 1.29 is 62.0 Å². The molecule has 46 heavy (non-hydrogen) atoms. The number of amides is 3. The Morgan fingerprint density at radius 2 is 0.891 bits per heavy atom. The third kappa shape index (κ3) is 13.9. The third-order valence-corrected chi connectivity index (χ3v) is 8.59. The van der Waals surface area contributed by atoms with Gasteiger partial charge in [-0.1, -0.05) is 0 Å². The highest BCUT2D eigenvalue weighted by atomic mass is 127. The van der Waals surface area contributed by atoms with E-state index >= 15 is 0 Å². The van der Waals surface area contributed by atoms with Crippen molar-refractivity contribution in [3.8, 4) is 0 Å². The van der Waals surface area contributed by atoms with Crippen molar-refractivity contribution in [1.82, 2.24) is 10.6 Å². The zero-order chi connectivity index (χ0) is 35.3. The molecule has 0 aliphatic heterocycles. The van der Waals surface area contributed by atoms with Gasteiger partial charge in [-0.15, -0.1) is 0 Å². The van der Waals surface area contributed by atoms with Gasteiger partial charge in [0.15, 0.2) is 6.10 Å². The van der Waals surface area contributed by atoms with Gasteiger partial charge in [0.05, 0.1) is 36.0 Å². The van der Waals surface area contributed by atoms with Gasteiger partial charge < -0.3 is 39.6 Å². The number of esters is 5. The van der Waals surface area contributed by atoms with E-state index in [2.05, 4.69) is 16.0 Å². The van der Waals surface area contributed by atoms with E-state index in [0.29, 0.717) is 0 Å². The van der Waals surface area contributed by atoms with E-state index in [-0.39, 0.29) is 54.0 Å². The Morgan fingerprint density at radius 3 is 1.17 bits per heavy atom. The molecule has 16 nitrogen and oxygen atoms in total. The molecule has 1 atom stereocenters. The Labute approximate surface area is 304 Å². The molecule has 0 radical (unpaired) electrons. The molecule has 0 heterocycles. The molecule has 0 bridgehead atoms. The van der Waals surface area contributed by atoms with Crippen molar-refractivity contribution >= 4 is 121 Å². The quantitative estimate of drug-likeness (QED) is 0.130. The minimum atomic E-state index is -1.24. The van der Waals surface area contributed by atoms with Gasteiger partial charge in [0.25, 0.3) is 17.7 Å². The average Bonchev–Trinajstić information content (AvgIpc) is 2.93. The molecule has 0 aromatic heterocycles. The van der Waals surface area contributed by atoms with Crippen molar-refractivity contribution in [2.75, 3.05) is 31.7 Å². The highest BCUT2D eigenvalue weighted by molar-refractivity contribution is 14.1. The van der Waals surface area contributed by atoms with E-state index in [0.717, 1.165) is 34.6 Å². The highest BCUT2D eigenvalue weighted by Crippen LogP contribution is 2.36. The van der Waals surface area contributed by atoms with Crippen LogP contribution in [0, 0.1) is 10.7 Å². The monoisotopic (exact) mass is 987 g/mol. The zero-order valence-corrected chi connectivity index (χ0v) is 32.0. The summed E-state index contributed by atoms with van der Waals surface area (Å²) in [5, 5.41) is 7.82. The Morgan fingerprint density at radius 1 is 0.565 bits per heavy atom. The molecular formula is C27H32I3N3O13. The summed E-state index contributed by atoms with van der Waals surface area (Å²) >= 11 is 5.36. The summed E-state index contributed by atoms with van der Waals surface area (Å²) < 4.78 is 25.4. The van der Waals surface area contributed by atoms with Crippen LogP contribution >= 0.6 is 67.8 Å². The summed E-state index contributed by atoms with van der Waals surface area (Å²) in [6, 6.07) is -2.00. The number of hydrogen-bond donors (Lipinski definition) is 3. The smallest absolute Gasteiger partial charge is 0.303 e. The van der Waals surface area contributed by atoms with Crippen molar-refractivity contribution in [3.05, 3.63) is 21.8 Å². The van der Waals surface area contributed by atoms with E-state index in [1.54, 1.807) is 67.8 Å². The van der Waals surface area contributed by atoms with E-state index < -0.39 is 65.8 Å². The largest absolute Gasteiger partial charge is 0.464 e. The fourth-order valence-electron chi connectivity index (χ4n) is 3.35. The lowest BCUT2D eigenvalue weighted by molar-refractivity contribution is -0.150. The summed E-state index contributed by atoms with van der Waals surface area (Å²) in [6.07, 6.45) is -1.24. The van der Waals surface area contributed by atoms with Gasteiger partial charge in [-0.2, -0.15) is 0 Å². The first kappa shape index (κ1) is 41.2. The number of carbonyl (C=O) groups is 8. The molecule has 0 saturated carbocycles. The molecule has 3 amide bonds. The lowest BCUT2D eigenvalue weighted by atomic mass is 10.1. The van der Waals surface area contributed by atoms with Crippen LogP contribution in [-0.2, 0) is 52.5 Å². The lowest BCUT2D eigenvalue weighted by Crippen LogP contribution is -2.44.